The molecule has 2 bridgehead atoms. The van der Waals surface area contributed by atoms with Gasteiger partial charge < -0.3 is 9.64 Å². The van der Waals surface area contributed by atoms with Gasteiger partial charge in [0, 0.05) is 35.8 Å². The highest BCUT2D eigenvalue weighted by molar-refractivity contribution is 5.99. The number of fused-ring (bicyclic) bond motifs is 2. The summed E-state index contributed by atoms with van der Waals surface area (Å²) in [5.74, 6) is 1.00. The lowest BCUT2D eigenvalue weighted by atomic mass is 9.84. The van der Waals surface area contributed by atoms with Crippen LogP contribution >= 0.6 is 0 Å². The summed E-state index contributed by atoms with van der Waals surface area (Å²) < 4.78 is 5.10. The average molecular weight is 274 g/mol. The first-order valence-electron chi connectivity index (χ1n) is 7.37. The molecule has 4 heteroatoms. The zero-order valence-corrected chi connectivity index (χ0v) is 12.4. The van der Waals surface area contributed by atoms with E-state index in [2.05, 4.69) is 16.9 Å². The molecule has 1 aromatic heterocycles. The van der Waals surface area contributed by atoms with E-state index in [4.69, 9.17) is 4.74 Å². The number of Topliss-reactive ketones (excluding diaryl/α,β-unsaturated/α-hetero) is 1. The molecule has 0 aliphatic carbocycles. The SMILES string of the molecule is COc1cc(C)c(C(=O)C2CC3CCC(C2)N3C)cn1. The first-order chi connectivity index (χ1) is 9.60. The van der Waals surface area contributed by atoms with Crippen molar-refractivity contribution >= 4 is 5.78 Å². The van der Waals surface area contributed by atoms with Crippen molar-refractivity contribution in [1.29, 1.82) is 0 Å². The second-order valence-corrected chi connectivity index (χ2v) is 6.12. The van der Waals surface area contributed by atoms with Gasteiger partial charge in [-0.25, -0.2) is 4.98 Å². The zero-order valence-electron chi connectivity index (χ0n) is 12.4. The molecule has 0 N–H and O–H groups in total. The molecule has 108 valence electrons. The molecule has 2 unspecified atom stereocenters. The van der Waals surface area contributed by atoms with Crippen LogP contribution in [0.15, 0.2) is 12.3 Å². The highest BCUT2D eigenvalue weighted by atomic mass is 16.5. The average Bonchev–Trinajstić information content (AvgIpc) is 2.67. The number of hydrogen-bond acceptors (Lipinski definition) is 4. The van der Waals surface area contributed by atoms with E-state index in [1.54, 1.807) is 13.3 Å². The Kier molecular flexibility index (Phi) is 3.50. The van der Waals surface area contributed by atoms with E-state index in [0.717, 1.165) is 24.0 Å². The summed E-state index contributed by atoms with van der Waals surface area (Å²) in [6.07, 6.45) is 6.15. The number of aromatic nitrogens is 1. The third-order valence-electron chi connectivity index (χ3n) is 5.03. The van der Waals surface area contributed by atoms with Crippen LogP contribution in [-0.2, 0) is 0 Å². The van der Waals surface area contributed by atoms with Gasteiger partial charge in [0.25, 0.3) is 0 Å². The number of piperidine rings is 1. The molecule has 0 radical (unpaired) electrons. The van der Waals surface area contributed by atoms with Crippen molar-refractivity contribution in [2.24, 2.45) is 5.92 Å². The van der Waals surface area contributed by atoms with Crippen LogP contribution in [0.4, 0.5) is 0 Å². The van der Waals surface area contributed by atoms with E-state index in [1.807, 2.05) is 13.0 Å². The van der Waals surface area contributed by atoms with Crippen molar-refractivity contribution < 1.29 is 9.53 Å². The Labute approximate surface area is 120 Å². The Morgan fingerprint density at radius 2 is 2.00 bits per heavy atom. The third kappa shape index (κ3) is 2.22. The summed E-state index contributed by atoms with van der Waals surface area (Å²) in [6, 6.07) is 3.03. The van der Waals surface area contributed by atoms with Crippen LogP contribution < -0.4 is 4.74 Å². The number of aryl methyl sites for hydroxylation is 1. The second kappa shape index (κ2) is 5.17. The number of methoxy groups -OCH3 is 1. The van der Waals surface area contributed by atoms with Crippen LogP contribution in [0.3, 0.4) is 0 Å². The largest absolute Gasteiger partial charge is 0.481 e. The fourth-order valence-electron chi connectivity index (χ4n) is 3.75. The van der Waals surface area contributed by atoms with Crippen molar-refractivity contribution in [2.75, 3.05) is 14.2 Å². The van der Waals surface area contributed by atoms with Gasteiger partial charge in [0.1, 0.15) is 0 Å². The predicted molar refractivity (Wildman–Crippen MR) is 77.2 cm³/mol. The van der Waals surface area contributed by atoms with Crippen LogP contribution in [0.2, 0.25) is 0 Å². The Morgan fingerprint density at radius 3 is 2.55 bits per heavy atom. The van der Waals surface area contributed by atoms with Gasteiger partial charge >= 0.3 is 0 Å². The highest BCUT2D eigenvalue weighted by Gasteiger charge is 2.41. The lowest BCUT2D eigenvalue weighted by Crippen LogP contribution is -2.42. The number of pyridine rings is 1. The predicted octanol–water partition coefficient (Wildman–Crippen LogP) is 2.45. The molecule has 4 nitrogen and oxygen atoms in total. The quantitative estimate of drug-likeness (QED) is 0.794. The van der Waals surface area contributed by atoms with E-state index in [9.17, 15) is 4.79 Å². The minimum atomic E-state index is 0.164. The summed E-state index contributed by atoms with van der Waals surface area (Å²) in [5.41, 5.74) is 1.73. The fraction of sp³-hybridized carbons (Fsp3) is 0.625. The maximum Gasteiger partial charge on any atom is 0.213 e. The van der Waals surface area contributed by atoms with Crippen LogP contribution in [0.1, 0.15) is 41.6 Å². The molecule has 2 aliphatic heterocycles. The summed E-state index contributed by atoms with van der Waals surface area (Å²) in [5, 5.41) is 0. The Hall–Kier alpha value is -1.42. The van der Waals surface area contributed by atoms with Crippen molar-refractivity contribution in [1.82, 2.24) is 9.88 Å². The van der Waals surface area contributed by atoms with E-state index in [0.29, 0.717) is 18.0 Å². The van der Waals surface area contributed by atoms with Crippen LogP contribution in [-0.4, -0.2) is 41.9 Å². The highest BCUT2D eigenvalue weighted by Crippen LogP contribution is 2.38. The first kappa shape index (κ1) is 13.6. The number of carbonyl (C=O) groups excluding carboxylic acids is 1. The molecule has 0 saturated carbocycles. The van der Waals surface area contributed by atoms with Gasteiger partial charge in [-0.05, 0) is 45.2 Å². The Balaban J connectivity index is 1.80. The standard InChI is InChI=1S/C16H22N2O2/c1-10-6-15(20-3)17-9-14(10)16(19)11-7-12-4-5-13(8-11)18(12)2/h6,9,11-13H,4-5,7-8H2,1-3H3. The number of nitrogens with zero attached hydrogens (tertiary/aromatic N) is 2. The number of hydrogen-bond donors (Lipinski definition) is 0. The normalized spacial score (nSPS) is 29.4. The maximum absolute atomic E-state index is 12.7. The molecule has 2 atom stereocenters. The molecule has 0 aromatic carbocycles. The first-order valence-corrected chi connectivity index (χ1v) is 7.37. The smallest absolute Gasteiger partial charge is 0.213 e. The van der Waals surface area contributed by atoms with Gasteiger partial charge in [0.15, 0.2) is 5.78 Å². The molecule has 3 heterocycles. The van der Waals surface area contributed by atoms with Crippen molar-refractivity contribution in [2.45, 2.75) is 44.7 Å². The molecule has 2 saturated heterocycles. The molecular weight excluding hydrogens is 252 g/mol. The van der Waals surface area contributed by atoms with Crippen molar-refractivity contribution in [3.8, 4) is 5.88 Å². The van der Waals surface area contributed by atoms with Gasteiger partial charge in [0.05, 0.1) is 7.11 Å². The molecule has 0 amide bonds. The topological polar surface area (TPSA) is 42.4 Å². The van der Waals surface area contributed by atoms with E-state index in [1.165, 1.54) is 12.8 Å². The summed E-state index contributed by atoms with van der Waals surface area (Å²) in [6.45, 7) is 1.96. The van der Waals surface area contributed by atoms with Gasteiger partial charge in [-0.15, -0.1) is 0 Å². The molecule has 3 rings (SSSR count). The fourth-order valence-corrected chi connectivity index (χ4v) is 3.75. The van der Waals surface area contributed by atoms with Crippen LogP contribution in [0.5, 0.6) is 5.88 Å². The molecule has 0 spiro atoms. The molecule has 1 aromatic rings. The maximum atomic E-state index is 12.7. The van der Waals surface area contributed by atoms with Crippen molar-refractivity contribution in [3.05, 3.63) is 23.4 Å². The zero-order chi connectivity index (χ0) is 14.3. The number of ether oxygens (including phenoxy) is 1. The summed E-state index contributed by atoms with van der Waals surface area (Å²) in [7, 11) is 3.79. The minimum Gasteiger partial charge on any atom is -0.481 e. The molecule has 20 heavy (non-hydrogen) atoms. The van der Waals surface area contributed by atoms with Crippen molar-refractivity contribution in [3.63, 3.8) is 0 Å². The monoisotopic (exact) mass is 274 g/mol. The van der Waals surface area contributed by atoms with E-state index >= 15 is 0 Å². The lowest BCUT2D eigenvalue weighted by Gasteiger charge is -2.35. The van der Waals surface area contributed by atoms with Crippen LogP contribution in [0, 0.1) is 12.8 Å². The third-order valence-corrected chi connectivity index (χ3v) is 5.03. The molecule has 2 fully saturated rings. The number of ketones is 1. The lowest BCUT2D eigenvalue weighted by molar-refractivity contribution is 0.0766. The molecule has 2 aliphatic rings. The number of carbonyl (C=O) groups is 1. The molecular formula is C16H22N2O2. The minimum absolute atomic E-state index is 0.164. The van der Waals surface area contributed by atoms with Gasteiger partial charge in [-0.1, -0.05) is 0 Å². The van der Waals surface area contributed by atoms with Crippen LogP contribution in [0.25, 0.3) is 0 Å². The Bertz CT molecular complexity index is 515. The summed E-state index contributed by atoms with van der Waals surface area (Å²) >= 11 is 0. The van der Waals surface area contributed by atoms with E-state index in [-0.39, 0.29) is 11.7 Å². The summed E-state index contributed by atoms with van der Waals surface area (Å²) in [4.78, 5) is 19.4. The van der Waals surface area contributed by atoms with Gasteiger partial charge in [0.2, 0.25) is 5.88 Å². The van der Waals surface area contributed by atoms with Gasteiger partial charge in [-0.3, -0.25) is 4.79 Å². The van der Waals surface area contributed by atoms with Gasteiger partial charge in [-0.2, -0.15) is 0 Å². The van der Waals surface area contributed by atoms with E-state index < -0.39 is 0 Å². The Morgan fingerprint density at radius 1 is 1.35 bits per heavy atom. The number of rotatable bonds is 3. The second-order valence-electron chi connectivity index (χ2n) is 6.12.